The molecule has 0 radical (unpaired) electrons. The molecule has 0 bridgehead atoms. The zero-order valence-electron chi connectivity index (χ0n) is 18.6. The number of nitrogens with zero attached hydrogens (tertiary/aromatic N) is 4. The van der Waals surface area contributed by atoms with Gasteiger partial charge in [-0.1, -0.05) is 29.8 Å². The Hall–Kier alpha value is -2.47. The van der Waals surface area contributed by atoms with E-state index in [1.54, 1.807) is 0 Å². The van der Waals surface area contributed by atoms with Gasteiger partial charge in [-0.2, -0.15) is 0 Å². The second-order valence-corrected chi connectivity index (χ2v) is 9.28. The highest BCUT2D eigenvalue weighted by Crippen LogP contribution is 2.39. The molecule has 1 aromatic carbocycles. The van der Waals surface area contributed by atoms with E-state index in [4.69, 9.17) is 14.7 Å². The predicted octanol–water partition coefficient (Wildman–Crippen LogP) is 3.25. The number of ether oxygens (including phenoxy) is 1. The van der Waals surface area contributed by atoms with Crippen molar-refractivity contribution in [3.63, 3.8) is 0 Å². The molecule has 0 N–H and O–H groups in total. The van der Waals surface area contributed by atoms with Crippen LogP contribution in [0.1, 0.15) is 53.4 Å². The number of piperazine rings is 1. The van der Waals surface area contributed by atoms with E-state index in [0.717, 1.165) is 56.4 Å². The van der Waals surface area contributed by atoms with E-state index in [1.165, 1.54) is 29.5 Å². The van der Waals surface area contributed by atoms with E-state index in [0.29, 0.717) is 19.1 Å². The number of benzene rings is 1. The van der Waals surface area contributed by atoms with Crippen LogP contribution in [0.15, 0.2) is 24.3 Å². The summed E-state index contributed by atoms with van der Waals surface area (Å²) in [5.74, 6) is 2.91. The topological polar surface area (TPSA) is 58.6 Å². The summed E-state index contributed by atoms with van der Waals surface area (Å²) in [7, 11) is 0. The van der Waals surface area contributed by atoms with Gasteiger partial charge in [0.25, 0.3) is 0 Å². The maximum absolute atomic E-state index is 12.8. The molecule has 1 amide bonds. The van der Waals surface area contributed by atoms with Crippen molar-refractivity contribution in [2.75, 3.05) is 44.3 Å². The van der Waals surface area contributed by atoms with Crippen molar-refractivity contribution in [3.8, 4) is 0 Å². The average molecular weight is 421 g/mol. The SMILES string of the molecule is Cc1cccc(Cc2c(C)nc(C3CC3)nc2N2CCN(C(=O)[C@@H]3CCOC3)CC2)c1. The monoisotopic (exact) mass is 420 g/mol. The normalized spacial score (nSPS) is 21.5. The number of aromatic nitrogens is 2. The number of amides is 1. The fourth-order valence-electron chi connectivity index (χ4n) is 4.75. The molecule has 2 aromatic rings. The Balaban J connectivity index is 1.37. The molecule has 3 fully saturated rings. The van der Waals surface area contributed by atoms with Crippen molar-refractivity contribution >= 4 is 11.7 Å². The third-order valence-corrected chi connectivity index (χ3v) is 6.79. The number of aryl methyl sites for hydroxylation is 2. The highest BCUT2D eigenvalue weighted by Gasteiger charge is 2.32. The number of anilines is 1. The lowest BCUT2D eigenvalue weighted by Gasteiger charge is -2.37. The smallest absolute Gasteiger partial charge is 0.228 e. The van der Waals surface area contributed by atoms with Crippen LogP contribution in [0, 0.1) is 19.8 Å². The minimum absolute atomic E-state index is 0.0474. The molecular formula is C25H32N4O2. The Bertz CT molecular complexity index is 958. The van der Waals surface area contributed by atoms with Crippen LogP contribution in [0.25, 0.3) is 0 Å². The second-order valence-electron chi connectivity index (χ2n) is 9.28. The Morgan fingerprint density at radius 2 is 1.90 bits per heavy atom. The second kappa shape index (κ2) is 8.58. The molecule has 3 heterocycles. The van der Waals surface area contributed by atoms with Gasteiger partial charge < -0.3 is 14.5 Å². The third kappa shape index (κ3) is 4.45. The summed E-state index contributed by atoms with van der Waals surface area (Å²) in [4.78, 5) is 27.2. The number of hydrogen-bond acceptors (Lipinski definition) is 5. The fraction of sp³-hybridized carbons (Fsp3) is 0.560. The fourth-order valence-corrected chi connectivity index (χ4v) is 4.75. The minimum Gasteiger partial charge on any atom is -0.381 e. The molecule has 6 nitrogen and oxygen atoms in total. The zero-order chi connectivity index (χ0) is 21.4. The first kappa shape index (κ1) is 20.4. The lowest BCUT2D eigenvalue weighted by molar-refractivity contribution is -0.135. The quantitative estimate of drug-likeness (QED) is 0.743. The van der Waals surface area contributed by atoms with Crippen LogP contribution in [0.3, 0.4) is 0 Å². The molecule has 2 aliphatic heterocycles. The maximum atomic E-state index is 12.8. The zero-order valence-corrected chi connectivity index (χ0v) is 18.6. The average Bonchev–Trinajstić information content (AvgIpc) is 3.48. The van der Waals surface area contributed by atoms with E-state index in [-0.39, 0.29) is 11.8 Å². The summed E-state index contributed by atoms with van der Waals surface area (Å²) in [5.41, 5.74) is 4.88. The first-order chi connectivity index (χ1) is 15.1. The van der Waals surface area contributed by atoms with Crippen LogP contribution >= 0.6 is 0 Å². The summed E-state index contributed by atoms with van der Waals surface area (Å²) < 4.78 is 5.42. The maximum Gasteiger partial charge on any atom is 0.228 e. The summed E-state index contributed by atoms with van der Waals surface area (Å²) in [6.45, 7) is 8.69. The molecular weight excluding hydrogens is 388 g/mol. The highest BCUT2D eigenvalue weighted by molar-refractivity contribution is 5.79. The van der Waals surface area contributed by atoms with E-state index >= 15 is 0 Å². The Kier molecular flexibility index (Phi) is 5.65. The van der Waals surface area contributed by atoms with E-state index in [1.807, 2.05) is 4.90 Å². The van der Waals surface area contributed by atoms with Crippen molar-refractivity contribution in [1.82, 2.24) is 14.9 Å². The highest BCUT2D eigenvalue weighted by atomic mass is 16.5. The van der Waals surface area contributed by atoms with Gasteiger partial charge in [0.15, 0.2) is 0 Å². The molecule has 1 aliphatic carbocycles. The Morgan fingerprint density at radius 3 is 2.58 bits per heavy atom. The van der Waals surface area contributed by atoms with Crippen LogP contribution < -0.4 is 4.90 Å². The van der Waals surface area contributed by atoms with Gasteiger partial charge in [-0.15, -0.1) is 0 Å². The first-order valence-corrected chi connectivity index (χ1v) is 11.6. The molecule has 1 aromatic heterocycles. The molecule has 1 atom stereocenters. The van der Waals surface area contributed by atoms with Gasteiger partial charge in [-0.25, -0.2) is 9.97 Å². The van der Waals surface area contributed by atoms with Crippen LogP contribution in [0.2, 0.25) is 0 Å². The van der Waals surface area contributed by atoms with Gasteiger partial charge in [0.1, 0.15) is 11.6 Å². The number of carbonyl (C=O) groups is 1. The van der Waals surface area contributed by atoms with E-state index in [2.05, 4.69) is 43.0 Å². The number of hydrogen-bond donors (Lipinski definition) is 0. The van der Waals surface area contributed by atoms with Gasteiger partial charge in [0, 0.05) is 56.4 Å². The van der Waals surface area contributed by atoms with Gasteiger partial charge in [-0.3, -0.25) is 4.79 Å². The van der Waals surface area contributed by atoms with Gasteiger partial charge >= 0.3 is 0 Å². The molecule has 2 saturated heterocycles. The standard InChI is InChI=1S/C25H32N4O2/c1-17-4-3-5-19(14-17)15-22-18(2)26-23(20-6-7-20)27-24(22)28-9-11-29(12-10-28)25(30)21-8-13-31-16-21/h3-5,14,20-21H,6-13,15-16H2,1-2H3/t21-/m1/s1. The van der Waals surface area contributed by atoms with Gasteiger partial charge in [-0.05, 0) is 38.7 Å². The Morgan fingerprint density at radius 1 is 1.10 bits per heavy atom. The van der Waals surface area contributed by atoms with Crippen LogP contribution in [0.4, 0.5) is 5.82 Å². The summed E-state index contributed by atoms with van der Waals surface area (Å²) >= 11 is 0. The molecule has 31 heavy (non-hydrogen) atoms. The minimum atomic E-state index is 0.0474. The third-order valence-electron chi connectivity index (χ3n) is 6.79. The van der Waals surface area contributed by atoms with Gasteiger partial charge in [0.2, 0.25) is 5.91 Å². The number of rotatable bonds is 5. The lowest BCUT2D eigenvalue weighted by atomic mass is 10.0. The van der Waals surface area contributed by atoms with E-state index in [9.17, 15) is 4.79 Å². The van der Waals surface area contributed by atoms with E-state index < -0.39 is 0 Å². The molecule has 5 rings (SSSR count). The van der Waals surface area contributed by atoms with Crippen LogP contribution in [-0.4, -0.2) is 60.2 Å². The van der Waals surface area contributed by atoms with Crippen molar-refractivity contribution in [2.45, 2.75) is 45.4 Å². The van der Waals surface area contributed by atoms with Crippen molar-refractivity contribution in [2.24, 2.45) is 5.92 Å². The molecule has 164 valence electrons. The molecule has 6 heteroatoms. The summed E-state index contributed by atoms with van der Waals surface area (Å²) in [6, 6.07) is 8.69. The van der Waals surface area contributed by atoms with Crippen LogP contribution in [0.5, 0.6) is 0 Å². The van der Waals surface area contributed by atoms with Gasteiger partial charge in [0.05, 0.1) is 12.5 Å². The lowest BCUT2D eigenvalue weighted by Crippen LogP contribution is -2.51. The summed E-state index contributed by atoms with van der Waals surface area (Å²) in [6.07, 6.45) is 4.09. The number of carbonyl (C=O) groups excluding carboxylic acids is 1. The predicted molar refractivity (Wildman–Crippen MR) is 120 cm³/mol. The summed E-state index contributed by atoms with van der Waals surface area (Å²) in [5, 5.41) is 0. The van der Waals surface area contributed by atoms with Crippen LogP contribution in [-0.2, 0) is 16.0 Å². The molecule has 0 unspecified atom stereocenters. The first-order valence-electron chi connectivity index (χ1n) is 11.6. The van der Waals surface area contributed by atoms with Crippen molar-refractivity contribution in [3.05, 3.63) is 52.5 Å². The Labute approximate surface area is 184 Å². The van der Waals surface area contributed by atoms with Crippen molar-refractivity contribution in [1.29, 1.82) is 0 Å². The molecule has 1 saturated carbocycles. The molecule has 3 aliphatic rings. The van der Waals surface area contributed by atoms with Crippen molar-refractivity contribution < 1.29 is 9.53 Å². The molecule has 0 spiro atoms. The largest absolute Gasteiger partial charge is 0.381 e.